The molecule has 0 aromatic carbocycles. The van der Waals surface area contributed by atoms with Gasteiger partial charge in [0.25, 0.3) is 0 Å². The van der Waals surface area contributed by atoms with Crippen molar-refractivity contribution < 1.29 is 14.2 Å². The number of rotatable bonds is 9. The Balaban J connectivity index is 2.05. The van der Waals surface area contributed by atoms with E-state index in [0.29, 0.717) is 38.2 Å². The van der Waals surface area contributed by atoms with Gasteiger partial charge in [-0.3, -0.25) is 0 Å². The van der Waals surface area contributed by atoms with Crippen molar-refractivity contribution in [2.45, 2.75) is 12.3 Å². The summed E-state index contributed by atoms with van der Waals surface area (Å²) in [7, 11) is 1.65. The molecule has 6 heteroatoms. The van der Waals surface area contributed by atoms with E-state index in [0.717, 1.165) is 12.1 Å². The molecule has 5 nitrogen and oxygen atoms in total. The Bertz CT molecular complexity index is 295. The molecule has 0 fully saturated rings. The van der Waals surface area contributed by atoms with E-state index in [-0.39, 0.29) is 0 Å². The average molecular weight is 261 g/mol. The molecule has 0 aliphatic heterocycles. The molecule has 0 atom stereocenters. The Morgan fingerprint density at radius 2 is 2.00 bits per heavy atom. The van der Waals surface area contributed by atoms with Crippen molar-refractivity contribution in [3.63, 3.8) is 0 Å². The highest BCUT2D eigenvalue weighted by molar-refractivity contribution is 6.16. The summed E-state index contributed by atoms with van der Waals surface area (Å²) >= 11 is 5.60. The summed E-state index contributed by atoms with van der Waals surface area (Å²) in [5.41, 5.74) is 0.738. The van der Waals surface area contributed by atoms with E-state index in [1.807, 2.05) is 0 Å². The molecular formula is C11H17ClN2O3. The third kappa shape index (κ3) is 6.41. The van der Waals surface area contributed by atoms with Crippen molar-refractivity contribution >= 4 is 11.6 Å². The van der Waals surface area contributed by atoms with Crippen molar-refractivity contribution in [3.05, 3.63) is 17.8 Å². The minimum atomic E-state index is 0.362. The van der Waals surface area contributed by atoms with Crippen molar-refractivity contribution in [1.29, 1.82) is 0 Å². The molecule has 0 spiro atoms. The van der Waals surface area contributed by atoms with Crippen LogP contribution >= 0.6 is 11.6 Å². The normalized spacial score (nSPS) is 10.5. The second-order valence-corrected chi connectivity index (χ2v) is 3.57. The summed E-state index contributed by atoms with van der Waals surface area (Å²) in [5.74, 6) is 0.872. The number of hydrogen-bond acceptors (Lipinski definition) is 5. The lowest BCUT2D eigenvalue weighted by Gasteiger charge is -2.05. The highest BCUT2D eigenvalue weighted by atomic mass is 35.5. The van der Waals surface area contributed by atoms with Crippen molar-refractivity contribution in [1.82, 2.24) is 10.2 Å². The van der Waals surface area contributed by atoms with E-state index in [1.165, 1.54) is 0 Å². The maximum atomic E-state index is 5.60. The molecule has 0 aliphatic rings. The van der Waals surface area contributed by atoms with E-state index < -0.39 is 0 Å². The van der Waals surface area contributed by atoms with Gasteiger partial charge >= 0.3 is 0 Å². The lowest BCUT2D eigenvalue weighted by molar-refractivity contribution is 0.0641. The number of ether oxygens (including phenoxy) is 3. The van der Waals surface area contributed by atoms with E-state index >= 15 is 0 Å². The first-order chi connectivity index (χ1) is 8.36. The minimum Gasteiger partial charge on any atom is -0.477 e. The molecule has 1 rings (SSSR count). The first kappa shape index (κ1) is 14.2. The summed E-state index contributed by atoms with van der Waals surface area (Å²) in [4.78, 5) is 0. The van der Waals surface area contributed by atoms with E-state index in [1.54, 1.807) is 19.2 Å². The zero-order valence-corrected chi connectivity index (χ0v) is 10.7. The van der Waals surface area contributed by atoms with E-state index in [2.05, 4.69) is 10.2 Å². The summed E-state index contributed by atoms with van der Waals surface area (Å²) in [6, 6.07) is 3.56. The second-order valence-electron chi connectivity index (χ2n) is 3.30. The first-order valence-electron chi connectivity index (χ1n) is 5.45. The van der Waals surface area contributed by atoms with Crippen molar-refractivity contribution in [2.75, 3.05) is 33.5 Å². The van der Waals surface area contributed by atoms with Gasteiger partial charge in [0, 0.05) is 26.2 Å². The Morgan fingerprint density at radius 3 is 2.65 bits per heavy atom. The first-order valence-corrected chi connectivity index (χ1v) is 5.98. The van der Waals surface area contributed by atoms with Gasteiger partial charge in [-0.2, -0.15) is 5.10 Å². The van der Waals surface area contributed by atoms with Gasteiger partial charge in [-0.15, -0.1) is 16.7 Å². The third-order valence-electron chi connectivity index (χ3n) is 1.95. The molecule has 96 valence electrons. The molecule has 1 aromatic rings. The Kier molecular flexibility index (Phi) is 7.62. The highest BCUT2D eigenvalue weighted by Gasteiger charge is 1.97. The minimum absolute atomic E-state index is 0.362. The predicted molar refractivity (Wildman–Crippen MR) is 64.4 cm³/mol. The highest BCUT2D eigenvalue weighted by Crippen LogP contribution is 2.06. The fourth-order valence-corrected chi connectivity index (χ4v) is 1.22. The standard InChI is InChI=1S/C11H17ClN2O3/c1-15-7-8-16-5-2-6-17-11-4-3-10(9-12)13-14-11/h3-4H,2,5-9H2,1H3. The predicted octanol–water partition coefficient (Wildman–Crippen LogP) is 1.65. The van der Waals surface area contributed by atoms with Crippen LogP contribution in [0.2, 0.25) is 0 Å². The van der Waals surface area contributed by atoms with E-state index in [9.17, 15) is 0 Å². The van der Waals surface area contributed by atoms with Gasteiger partial charge in [0.15, 0.2) is 0 Å². The van der Waals surface area contributed by atoms with Gasteiger partial charge in [-0.25, -0.2) is 0 Å². The van der Waals surface area contributed by atoms with E-state index in [4.69, 9.17) is 25.8 Å². The molecule has 0 saturated carbocycles. The summed E-state index contributed by atoms with van der Waals surface area (Å²) in [6.45, 7) is 2.44. The Labute approximate surface area is 106 Å². The van der Waals surface area contributed by atoms with Crippen LogP contribution in [0.5, 0.6) is 5.88 Å². The quantitative estimate of drug-likeness (QED) is 0.499. The number of nitrogens with zero attached hydrogens (tertiary/aromatic N) is 2. The lowest BCUT2D eigenvalue weighted by atomic mass is 10.4. The van der Waals surface area contributed by atoms with Gasteiger partial charge in [0.1, 0.15) is 0 Å². The molecule has 1 heterocycles. The zero-order chi connectivity index (χ0) is 12.3. The van der Waals surface area contributed by atoms with Crippen LogP contribution in [-0.4, -0.2) is 43.7 Å². The van der Waals surface area contributed by atoms with Crippen LogP contribution in [0.25, 0.3) is 0 Å². The van der Waals surface area contributed by atoms with Gasteiger partial charge in [-0.05, 0) is 6.07 Å². The maximum absolute atomic E-state index is 5.60. The van der Waals surface area contributed by atoms with Gasteiger partial charge < -0.3 is 14.2 Å². The molecule has 0 amide bonds. The third-order valence-corrected chi connectivity index (χ3v) is 2.22. The number of alkyl halides is 1. The molecular weight excluding hydrogens is 244 g/mol. The Morgan fingerprint density at radius 1 is 1.12 bits per heavy atom. The van der Waals surface area contributed by atoms with Gasteiger partial charge in [-0.1, -0.05) is 0 Å². The lowest BCUT2D eigenvalue weighted by Crippen LogP contribution is -2.07. The largest absolute Gasteiger partial charge is 0.477 e. The molecule has 0 N–H and O–H groups in total. The second kappa shape index (κ2) is 9.15. The summed E-state index contributed by atoms with van der Waals surface area (Å²) < 4.78 is 15.5. The molecule has 0 saturated heterocycles. The molecule has 0 bridgehead atoms. The summed E-state index contributed by atoms with van der Waals surface area (Å²) in [5, 5.41) is 7.76. The van der Waals surface area contributed by atoms with Crippen molar-refractivity contribution in [3.8, 4) is 5.88 Å². The number of methoxy groups -OCH3 is 1. The number of aromatic nitrogens is 2. The van der Waals surface area contributed by atoms with Crippen LogP contribution < -0.4 is 4.74 Å². The summed E-state index contributed by atoms with van der Waals surface area (Å²) in [6.07, 6.45) is 0.808. The van der Waals surface area contributed by atoms with Gasteiger partial charge in [0.05, 0.1) is 31.4 Å². The number of hydrogen-bond donors (Lipinski definition) is 0. The van der Waals surface area contributed by atoms with Crippen LogP contribution in [-0.2, 0) is 15.4 Å². The number of halogens is 1. The molecule has 0 aliphatic carbocycles. The van der Waals surface area contributed by atoms with Gasteiger partial charge in [0.2, 0.25) is 5.88 Å². The smallest absolute Gasteiger partial charge is 0.233 e. The zero-order valence-electron chi connectivity index (χ0n) is 9.89. The van der Waals surface area contributed by atoms with Crippen LogP contribution in [0.1, 0.15) is 12.1 Å². The Hall–Kier alpha value is -0.910. The average Bonchev–Trinajstić information content (AvgIpc) is 2.38. The SMILES string of the molecule is COCCOCCCOc1ccc(CCl)nn1. The molecule has 0 radical (unpaired) electrons. The fourth-order valence-electron chi connectivity index (χ4n) is 1.08. The topological polar surface area (TPSA) is 53.5 Å². The molecule has 17 heavy (non-hydrogen) atoms. The van der Waals surface area contributed by atoms with Crippen LogP contribution in [0.3, 0.4) is 0 Å². The van der Waals surface area contributed by atoms with Crippen LogP contribution in [0.4, 0.5) is 0 Å². The molecule has 0 unspecified atom stereocenters. The fraction of sp³-hybridized carbons (Fsp3) is 0.636. The monoisotopic (exact) mass is 260 g/mol. The maximum Gasteiger partial charge on any atom is 0.233 e. The van der Waals surface area contributed by atoms with Crippen molar-refractivity contribution in [2.24, 2.45) is 0 Å². The molecule has 1 aromatic heterocycles. The van der Waals surface area contributed by atoms with Crippen LogP contribution in [0.15, 0.2) is 12.1 Å². The van der Waals surface area contributed by atoms with Crippen LogP contribution in [0, 0.1) is 0 Å².